The average Bonchev–Trinajstić information content (AvgIpc) is 2.28. The zero-order valence-corrected chi connectivity index (χ0v) is 12.8. The van der Waals surface area contributed by atoms with Crippen molar-refractivity contribution in [3.63, 3.8) is 0 Å². The summed E-state index contributed by atoms with van der Waals surface area (Å²) in [6, 6.07) is 9.29. The van der Waals surface area contributed by atoms with Gasteiger partial charge in [0, 0.05) is 10.2 Å². The van der Waals surface area contributed by atoms with Gasteiger partial charge in [-0.15, -0.1) is 0 Å². The summed E-state index contributed by atoms with van der Waals surface area (Å²) in [5, 5.41) is 0.452. The molecule has 0 aromatic heterocycles. The molecule has 0 saturated carbocycles. The van der Waals surface area contributed by atoms with E-state index >= 15 is 0 Å². The molecule has 2 atom stereocenters. The first kappa shape index (κ1) is 12.5. The van der Waals surface area contributed by atoms with Crippen LogP contribution in [0.25, 0.3) is 0 Å². The molecule has 0 fully saturated rings. The van der Waals surface area contributed by atoms with Crippen molar-refractivity contribution in [2.75, 3.05) is 0 Å². The number of hydrogen-bond donors (Lipinski definition) is 0. The lowest BCUT2D eigenvalue weighted by Gasteiger charge is -2.24. The molecular weight excluding hydrogens is 196 g/mol. The molecular formula is C14H24Si. The highest BCUT2D eigenvalue weighted by Crippen LogP contribution is 2.26. The molecule has 1 aromatic carbocycles. The molecule has 0 nitrogen and oxygen atoms in total. The molecule has 1 heteroatoms. The van der Waals surface area contributed by atoms with E-state index in [1.807, 2.05) is 0 Å². The van der Waals surface area contributed by atoms with Crippen LogP contribution in [0.15, 0.2) is 24.3 Å². The number of benzene rings is 1. The predicted octanol–water partition coefficient (Wildman–Crippen LogP) is 3.19. The van der Waals surface area contributed by atoms with E-state index in [0.717, 1.165) is 0 Å². The van der Waals surface area contributed by atoms with Gasteiger partial charge in [-0.05, 0) is 28.5 Å². The molecule has 2 unspecified atom stereocenters. The van der Waals surface area contributed by atoms with Gasteiger partial charge in [0.05, 0.1) is 0 Å². The van der Waals surface area contributed by atoms with Gasteiger partial charge < -0.3 is 0 Å². The third kappa shape index (κ3) is 2.94. The molecule has 0 bridgehead atoms. The zero-order valence-electron chi connectivity index (χ0n) is 10.8. The predicted molar refractivity (Wildman–Crippen MR) is 72.7 cm³/mol. The van der Waals surface area contributed by atoms with Crippen molar-refractivity contribution >= 4 is 10.2 Å². The third-order valence-corrected chi connectivity index (χ3v) is 5.04. The Morgan fingerprint density at radius 3 is 2.13 bits per heavy atom. The first-order chi connectivity index (χ1) is 7.01. The Kier molecular flexibility index (Phi) is 4.15. The molecule has 0 N–H and O–H groups in total. The lowest BCUT2D eigenvalue weighted by atomic mass is 9.92. The Bertz CT molecular complexity index is 298. The highest BCUT2D eigenvalue weighted by atomic mass is 28.1. The van der Waals surface area contributed by atoms with Crippen LogP contribution in [-0.2, 0) is 5.04 Å². The van der Waals surface area contributed by atoms with E-state index in [0.29, 0.717) is 11.0 Å². The second kappa shape index (κ2) is 4.98. The van der Waals surface area contributed by atoms with E-state index in [1.165, 1.54) is 34.2 Å². The standard InChI is InChI=1S/C14H24Si/c1-5-11(3)12-7-9-13(10-8-12)14(4,15)6-2/h7-11H,5-6H2,1-4,15H3. The van der Waals surface area contributed by atoms with Crippen molar-refractivity contribution in [3.05, 3.63) is 35.4 Å². The molecule has 0 heterocycles. The summed E-state index contributed by atoms with van der Waals surface area (Å²) in [5.74, 6) is 0.695. The molecule has 0 amide bonds. The molecule has 15 heavy (non-hydrogen) atoms. The summed E-state index contributed by atoms with van der Waals surface area (Å²) in [6.45, 7) is 9.21. The van der Waals surface area contributed by atoms with Gasteiger partial charge in [0.1, 0.15) is 0 Å². The zero-order chi connectivity index (χ0) is 11.5. The molecule has 0 spiro atoms. The van der Waals surface area contributed by atoms with Gasteiger partial charge in [0.15, 0.2) is 0 Å². The van der Waals surface area contributed by atoms with Crippen LogP contribution in [0.1, 0.15) is 57.6 Å². The van der Waals surface area contributed by atoms with Gasteiger partial charge in [-0.25, -0.2) is 0 Å². The Labute approximate surface area is 97.5 Å². The molecule has 0 aliphatic carbocycles. The Morgan fingerprint density at radius 1 is 1.20 bits per heavy atom. The minimum Gasteiger partial charge on any atom is -0.0649 e. The quantitative estimate of drug-likeness (QED) is 0.684. The topological polar surface area (TPSA) is 0 Å². The molecule has 0 aliphatic heterocycles. The summed E-state index contributed by atoms with van der Waals surface area (Å²) < 4.78 is 0. The van der Waals surface area contributed by atoms with Crippen LogP contribution in [0.4, 0.5) is 0 Å². The monoisotopic (exact) mass is 220 g/mol. The number of rotatable bonds is 4. The SMILES string of the molecule is CCC(C)c1ccc(C(C)([SiH3])CC)cc1. The summed E-state index contributed by atoms with van der Waals surface area (Å²) >= 11 is 0. The van der Waals surface area contributed by atoms with E-state index in [4.69, 9.17) is 0 Å². The lowest BCUT2D eigenvalue weighted by Crippen LogP contribution is -2.20. The second-order valence-electron chi connectivity index (χ2n) is 5.17. The van der Waals surface area contributed by atoms with Gasteiger partial charge >= 0.3 is 0 Å². The van der Waals surface area contributed by atoms with Crippen LogP contribution in [0, 0.1) is 0 Å². The molecule has 0 aliphatic rings. The fourth-order valence-corrected chi connectivity index (χ4v) is 2.04. The minimum absolute atomic E-state index is 0.452. The summed E-state index contributed by atoms with van der Waals surface area (Å²) in [4.78, 5) is 0. The van der Waals surface area contributed by atoms with Crippen molar-refractivity contribution < 1.29 is 0 Å². The summed E-state index contributed by atoms with van der Waals surface area (Å²) in [5.41, 5.74) is 3.00. The van der Waals surface area contributed by atoms with Crippen molar-refractivity contribution in [2.24, 2.45) is 0 Å². The first-order valence-electron chi connectivity index (χ1n) is 6.11. The third-order valence-electron chi connectivity index (χ3n) is 3.76. The van der Waals surface area contributed by atoms with Crippen molar-refractivity contribution in [2.45, 2.75) is 51.5 Å². The Balaban J connectivity index is 2.90. The Hall–Kier alpha value is -0.563. The molecule has 1 rings (SSSR count). The summed E-state index contributed by atoms with van der Waals surface area (Å²) in [7, 11) is 1.23. The van der Waals surface area contributed by atoms with E-state index < -0.39 is 0 Å². The molecule has 1 aromatic rings. The average molecular weight is 220 g/mol. The van der Waals surface area contributed by atoms with Gasteiger partial charge in [-0.1, -0.05) is 58.4 Å². The fraction of sp³-hybridized carbons (Fsp3) is 0.571. The molecule has 0 saturated heterocycles. The fourth-order valence-electron chi connectivity index (χ4n) is 1.70. The van der Waals surface area contributed by atoms with Crippen LogP contribution in [0.5, 0.6) is 0 Å². The van der Waals surface area contributed by atoms with E-state index in [-0.39, 0.29) is 0 Å². The normalized spacial score (nSPS) is 17.3. The van der Waals surface area contributed by atoms with E-state index in [1.54, 1.807) is 0 Å². The van der Waals surface area contributed by atoms with Crippen LogP contribution in [0.2, 0.25) is 0 Å². The van der Waals surface area contributed by atoms with Crippen LogP contribution in [0.3, 0.4) is 0 Å². The largest absolute Gasteiger partial charge is 0.0649 e. The Morgan fingerprint density at radius 2 is 1.73 bits per heavy atom. The van der Waals surface area contributed by atoms with Crippen LogP contribution >= 0.6 is 0 Å². The summed E-state index contributed by atoms with van der Waals surface area (Å²) in [6.07, 6.45) is 2.48. The van der Waals surface area contributed by atoms with Crippen molar-refractivity contribution in [1.29, 1.82) is 0 Å². The second-order valence-corrected chi connectivity index (χ2v) is 7.38. The smallest absolute Gasteiger partial charge is 0.0158 e. The first-order valence-corrected chi connectivity index (χ1v) is 7.11. The van der Waals surface area contributed by atoms with Crippen molar-refractivity contribution in [1.82, 2.24) is 0 Å². The highest BCUT2D eigenvalue weighted by Gasteiger charge is 2.17. The maximum Gasteiger partial charge on any atom is 0.0158 e. The van der Waals surface area contributed by atoms with Crippen LogP contribution < -0.4 is 0 Å². The van der Waals surface area contributed by atoms with Gasteiger partial charge in [-0.3, -0.25) is 0 Å². The maximum atomic E-state index is 2.37. The van der Waals surface area contributed by atoms with Crippen molar-refractivity contribution in [3.8, 4) is 0 Å². The highest BCUT2D eigenvalue weighted by molar-refractivity contribution is 6.15. The maximum absolute atomic E-state index is 2.37. The van der Waals surface area contributed by atoms with Gasteiger partial charge in [0.2, 0.25) is 0 Å². The van der Waals surface area contributed by atoms with Crippen LogP contribution in [-0.4, -0.2) is 10.2 Å². The number of hydrogen-bond acceptors (Lipinski definition) is 0. The van der Waals surface area contributed by atoms with E-state index in [2.05, 4.69) is 52.0 Å². The molecule has 84 valence electrons. The molecule has 0 radical (unpaired) electrons. The van der Waals surface area contributed by atoms with Gasteiger partial charge in [-0.2, -0.15) is 0 Å². The minimum atomic E-state index is 0.452. The van der Waals surface area contributed by atoms with E-state index in [9.17, 15) is 0 Å². The van der Waals surface area contributed by atoms with Gasteiger partial charge in [0.25, 0.3) is 0 Å². The lowest BCUT2D eigenvalue weighted by molar-refractivity contribution is 0.647.